The molecule has 0 spiro atoms. The molecule has 3 aliphatic heterocycles. The van der Waals surface area contributed by atoms with E-state index >= 15 is 0 Å². The summed E-state index contributed by atoms with van der Waals surface area (Å²) in [6.07, 6.45) is 6.03. The fourth-order valence-electron chi connectivity index (χ4n) is 6.78. The van der Waals surface area contributed by atoms with Crippen molar-refractivity contribution in [2.75, 3.05) is 31.1 Å². The molecule has 2 aromatic heterocycles. The second-order valence-electron chi connectivity index (χ2n) is 13.8. The Morgan fingerprint density at radius 2 is 1.72 bits per heavy atom. The van der Waals surface area contributed by atoms with Crippen molar-refractivity contribution in [1.82, 2.24) is 9.88 Å². The Labute approximate surface area is 320 Å². The first kappa shape index (κ1) is 37.6. The number of carbonyl (C=O) groups excluding carboxylic acids is 2. The molecule has 5 heterocycles. The zero-order valence-corrected chi connectivity index (χ0v) is 30.6. The van der Waals surface area contributed by atoms with Crippen LogP contribution in [-0.4, -0.2) is 60.9 Å². The zero-order valence-electron chi connectivity index (χ0n) is 29.1. The number of esters is 1. The molecular formula is C39H38Cl2F2N4O7. The Balaban J connectivity index is 1.11. The highest BCUT2D eigenvalue weighted by molar-refractivity contribution is 6.35. The number of anilines is 1. The van der Waals surface area contributed by atoms with Gasteiger partial charge in [-0.25, -0.2) is 14.6 Å². The molecule has 4 aliphatic rings. The van der Waals surface area contributed by atoms with Crippen LogP contribution >= 0.6 is 23.2 Å². The number of alkyl halides is 2. The number of hydrogen-bond donors (Lipinski definition) is 0. The van der Waals surface area contributed by atoms with Gasteiger partial charge < -0.3 is 24.2 Å². The fraction of sp³-hybridized carbons (Fsp3) is 0.385. The third kappa shape index (κ3) is 9.31. The standard InChI is InChI=1S/C39H38Cl2F2N4O7/c40-30-20-46(50)21-31(41)29(30)18-33(28-10-11-32(53-38(42)43)34(17-28)51-23-25-4-5-25)52-37(48)27-8-6-24(7-9-27)19-47(36-3-1-2-14-44-36)39(49)54-35-22-45-15-12-26(35)13-16-45/h1-3,6-11,14,17,20-21,25-26,33,35,38H,4-5,12-13,15-16,18-19,22-23H2/t33-,35-/m0/s1. The molecule has 2 bridgehead atoms. The molecule has 1 aliphatic carbocycles. The minimum absolute atomic E-state index is 0.0512. The quantitative estimate of drug-likeness (QED) is 0.0718. The Kier molecular flexibility index (Phi) is 11.7. The van der Waals surface area contributed by atoms with E-state index in [2.05, 4.69) is 9.88 Å². The van der Waals surface area contributed by atoms with Gasteiger partial charge in [-0.15, -0.1) is 0 Å². The van der Waals surface area contributed by atoms with Crippen LogP contribution in [0.1, 0.15) is 58.8 Å². The van der Waals surface area contributed by atoms with Gasteiger partial charge in [-0.2, -0.15) is 13.5 Å². The van der Waals surface area contributed by atoms with Gasteiger partial charge in [-0.05, 0) is 98.1 Å². The van der Waals surface area contributed by atoms with Gasteiger partial charge in [-0.3, -0.25) is 9.80 Å². The maximum absolute atomic E-state index is 13.7. The summed E-state index contributed by atoms with van der Waals surface area (Å²) in [4.78, 5) is 35.5. The van der Waals surface area contributed by atoms with Crippen LogP contribution in [0.4, 0.5) is 19.4 Å². The third-order valence-electron chi connectivity index (χ3n) is 9.95. The molecule has 0 radical (unpaired) electrons. The number of carbonyl (C=O) groups is 2. The summed E-state index contributed by atoms with van der Waals surface area (Å²) in [6.45, 7) is 0.125. The van der Waals surface area contributed by atoms with E-state index in [0.29, 0.717) is 52.2 Å². The normalized spacial score (nSPS) is 19.6. The first-order valence-corrected chi connectivity index (χ1v) is 18.5. The van der Waals surface area contributed by atoms with Gasteiger partial charge in [0, 0.05) is 24.7 Å². The molecule has 1 saturated carbocycles. The van der Waals surface area contributed by atoms with E-state index in [1.165, 1.54) is 23.1 Å². The van der Waals surface area contributed by atoms with Gasteiger partial charge in [-0.1, -0.05) is 47.5 Å². The van der Waals surface area contributed by atoms with Gasteiger partial charge in [0.15, 0.2) is 23.9 Å². The largest absolute Gasteiger partial charge is 0.619 e. The molecule has 54 heavy (non-hydrogen) atoms. The van der Waals surface area contributed by atoms with Gasteiger partial charge in [0.2, 0.25) is 0 Å². The summed E-state index contributed by atoms with van der Waals surface area (Å²) < 4.78 is 49.6. The summed E-state index contributed by atoms with van der Waals surface area (Å²) in [7, 11) is 0. The van der Waals surface area contributed by atoms with Crippen molar-refractivity contribution >= 4 is 41.1 Å². The second-order valence-corrected chi connectivity index (χ2v) is 14.6. The number of pyridine rings is 2. The molecule has 3 saturated heterocycles. The zero-order chi connectivity index (χ0) is 37.8. The Morgan fingerprint density at radius 1 is 0.981 bits per heavy atom. The van der Waals surface area contributed by atoms with Crippen molar-refractivity contribution in [1.29, 1.82) is 0 Å². The number of fused-ring (bicyclic) bond motifs is 3. The molecule has 11 nitrogen and oxygen atoms in total. The number of amides is 1. The maximum Gasteiger partial charge on any atom is 0.416 e. The van der Waals surface area contributed by atoms with Crippen LogP contribution < -0.4 is 19.1 Å². The summed E-state index contributed by atoms with van der Waals surface area (Å²) in [5, 5.41) is 12.1. The van der Waals surface area contributed by atoms with Gasteiger partial charge in [0.25, 0.3) is 0 Å². The number of nitrogens with zero attached hydrogens (tertiary/aromatic N) is 4. The highest BCUT2D eigenvalue weighted by Gasteiger charge is 2.37. The summed E-state index contributed by atoms with van der Waals surface area (Å²) in [5.74, 6) is 0.285. The van der Waals surface area contributed by atoms with E-state index in [-0.39, 0.29) is 46.2 Å². The molecule has 2 atom stereocenters. The minimum Gasteiger partial charge on any atom is -0.619 e. The van der Waals surface area contributed by atoms with E-state index in [9.17, 15) is 23.6 Å². The van der Waals surface area contributed by atoms with Crippen LogP contribution in [0, 0.1) is 17.0 Å². The molecule has 2 aromatic carbocycles. The van der Waals surface area contributed by atoms with Crippen molar-refractivity contribution in [2.45, 2.75) is 57.5 Å². The Morgan fingerprint density at radius 3 is 2.35 bits per heavy atom. The average Bonchev–Trinajstić information content (AvgIpc) is 4.00. The summed E-state index contributed by atoms with van der Waals surface area (Å²) >= 11 is 12.8. The van der Waals surface area contributed by atoms with Crippen LogP contribution in [-0.2, 0) is 22.4 Å². The number of hydrogen-bond acceptors (Lipinski definition) is 9. The third-order valence-corrected chi connectivity index (χ3v) is 10.6. The highest BCUT2D eigenvalue weighted by atomic mass is 35.5. The van der Waals surface area contributed by atoms with Crippen molar-refractivity contribution < 1.29 is 42.0 Å². The van der Waals surface area contributed by atoms with Crippen molar-refractivity contribution in [3.8, 4) is 11.5 Å². The number of ether oxygens (including phenoxy) is 4. The lowest BCUT2D eigenvalue weighted by Gasteiger charge is -2.44. The smallest absolute Gasteiger partial charge is 0.416 e. The lowest BCUT2D eigenvalue weighted by atomic mass is 9.86. The molecule has 284 valence electrons. The van der Waals surface area contributed by atoms with Gasteiger partial charge >= 0.3 is 18.7 Å². The molecular weight excluding hydrogens is 745 g/mol. The molecule has 1 amide bonds. The molecule has 15 heteroatoms. The van der Waals surface area contributed by atoms with Gasteiger partial charge in [0.1, 0.15) is 28.1 Å². The van der Waals surface area contributed by atoms with Crippen molar-refractivity contribution in [3.63, 3.8) is 0 Å². The average molecular weight is 784 g/mol. The lowest BCUT2D eigenvalue weighted by molar-refractivity contribution is -0.605. The monoisotopic (exact) mass is 782 g/mol. The van der Waals surface area contributed by atoms with E-state index in [0.717, 1.165) is 51.2 Å². The predicted molar refractivity (Wildman–Crippen MR) is 195 cm³/mol. The number of benzene rings is 2. The summed E-state index contributed by atoms with van der Waals surface area (Å²) in [6, 6.07) is 16.2. The molecule has 0 unspecified atom stereocenters. The SMILES string of the molecule is O=C(O[C@@H](Cc1c(Cl)c[n+]([O-])cc1Cl)c1ccc(OC(F)F)c(OCC2CC2)c1)c1ccc(CN(C(=O)O[C@H]2CN3CCC2CC3)c2ccccn2)cc1. The highest BCUT2D eigenvalue weighted by Crippen LogP contribution is 2.38. The van der Waals surface area contributed by atoms with Crippen LogP contribution in [0.25, 0.3) is 0 Å². The number of halogens is 4. The minimum atomic E-state index is -3.08. The number of aromatic nitrogens is 2. The Hall–Kier alpha value is -4.72. The predicted octanol–water partition coefficient (Wildman–Crippen LogP) is 7.79. The van der Waals surface area contributed by atoms with Crippen LogP contribution in [0.2, 0.25) is 10.0 Å². The first-order valence-electron chi connectivity index (χ1n) is 17.8. The lowest BCUT2D eigenvalue weighted by Crippen LogP contribution is -2.53. The molecule has 4 fully saturated rings. The fourth-order valence-corrected chi connectivity index (χ4v) is 7.38. The van der Waals surface area contributed by atoms with Crippen LogP contribution in [0.5, 0.6) is 11.5 Å². The topological polar surface area (TPSA) is 117 Å². The Bertz CT molecular complexity index is 1920. The van der Waals surface area contributed by atoms with E-state index in [1.807, 2.05) is 0 Å². The first-order chi connectivity index (χ1) is 26.1. The summed E-state index contributed by atoms with van der Waals surface area (Å²) in [5.41, 5.74) is 1.64. The van der Waals surface area contributed by atoms with Gasteiger partial charge in [0.05, 0.1) is 18.7 Å². The second kappa shape index (κ2) is 16.7. The van der Waals surface area contributed by atoms with Crippen LogP contribution in [0.3, 0.4) is 0 Å². The maximum atomic E-state index is 13.7. The number of rotatable bonds is 14. The van der Waals surface area contributed by atoms with Crippen molar-refractivity contribution in [2.24, 2.45) is 11.8 Å². The van der Waals surface area contributed by atoms with E-state index in [4.69, 9.17) is 42.1 Å². The molecule has 4 aromatic rings. The van der Waals surface area contributed by atoms with Crippen molar-refractivity contribution in [3.05, 3.63) is 117 Å². The van der Waals surface area contributed by atoms with E-state index in [1.54, 1.807) is 48.7 Å². The van der Waals surface area contributed by atoms with Crippen LogP contribution in [0.15, 0.2) is 79.3 Å². The number of piperidine rings is 3. The van der Waals surface area contributed by atoms with E-state index < -0.39 is 24.8 Å². The molecule has 8 rings (SSSR count). The molecule has 0 N–H and O–H groups in total.